The zero-order valence-corrected chi connectivity index (χ0v) is 26.5. The quantitative estimate of drug-likeness (QED) is 0.175. The zero-order valence-electron chi connectivity index (χ0n) is 26.5. The number of nitrogens with zero attached hydrogens (tertiary/aromatic N) is 1. The van der Waals surface area contributed by atoms with Crippen molar-refractivity contribution in [3.05, 3.63) is 200 Å². The van der Waals surface area contributed by atoms with Crippen LogP contribution >= 0.6 is 0 Å². The summed E-state index contributed by atoms with van der Waals surface area (Å²) in [4.78, 5) is 5.09. The molecule has 8 rings (SSSR count). The van der Waals surface area contributed by atoms with E-state index in [1.54, 1.807) is 0 Å². The largest absolute Gasteiger partial charge is 0.248 e. The highest BCUT2D eigenvalue weighted by Gasteiger charge is 2.10. The fourth-order valence-electron chi connectivity index (χ4n) is 6.29. The van der Waals surface area contributed by atoms with E-state index >= 15 is 0 Å². The smallest absolute Gasteiger partial charge is 0.0715 e. The van der Waals surface area contributed by atoms with E-state index in [0.717, 1.165) is 28.1 Å². The number of rotatable bonds is 7. The fourth-order valence-corrected chi connectivity index (χ4v) is 6.29. The molecule has 0 aliphatic rings. The Kier molecular flexibility index (Phi) is 8.01. The third-order valence-corrected chi connectivity index (χ3v) is 8.92. The first-order valence-electron chi connectivity index (χ1n) is 16.4. The summed E-state index contributed by atoms with van der Waals surface area (Å²) in [6.45, 7) is 0. The normalized spacial score (nSPS) is 10.9. The van der Waals surface area contributed by atoms with Gasteiger partial charge >= 0.3 is 0 Å². The maximum Gasteiger partial charge on any atom is 0.0715 e. The summed E-state index contributed by atoms with van der Waals surface area (Å²) in [6.07, 6.45) is 0. The van der Waals surface area contributed by atoms with Gasteiger partial charge in [-0.15, -0.1) is 0 Å². The van der Waals surface area contributed by atoms with Gasteiger partial charge in [-0.3, -0.25) is 0 Å². The summed E-state index contributed by atoms with van der Waals surface area (Å²) in [5.74, 6) is 0. The molecule has 7 aromatic carbocycles. The number of aromatic nitrogens is 1. The molecule has 1 aromatic heterocycles. The number of hydrogen-bond acceptors (Lipinski definition) is 1. The molecule has 1 nitrogen and oxygen atoms in total. The molecule has 0 aliphatic heterocycles. The van der Waals surface area contributed by atoms with Gasteiger partial charge in [0.25, 0.3) is 0 Å². The molecule has 0 amide bonds. The molecule has 8 aromatic rings. The van der Waals surface area contributed by atoms with Crippen LogP contribution in [-0.2, 0) is 0 Å². The van der Waals surface area contributed by atoms with Crippen molar-refractivity contribution in [2.75, 3.05) is 0 Å². The first kappa shape index (κ1) is 29.1. The van der Waals surface area contributed by atoms with Gasteiger partial charge in [0, 0.05) is 11.1 Å². The molecule has 0 fully saturated rings. The van der Waals surface area contributed by atoms with Crippen molar-refractivity contribution < 1.29 is 0 Å². The highest BCUT2D eigenvalue weighted by Crippen LogP contribution is 2.33. The van der Waals surface area contributed by atoms with Gasteiger partial charge in [0.05, 0.1) is 11.4 Å². The minimum Gasteiger partial charge on any atom is -0.248 e. The van der Waals surface area contributed by atoms with Gasteiger partial charge in [-0.05, 0) is 73.8 Å². The second-order valence-corrected chi connectivity index (χ2v) is 12.0. The van der Waals surface area contributed by atoms with Crippen molar-refractivity contribution in [1.82, 2.24) is 4.98 Å². The van der Waals surface area contributed by atoms with Crippen LogP contribution in [0.1, 0.15) is 0 Å². The van der Waals surface area contributed by atoms with E-state index in [1.165, 1.54) is 50.1 Å². The highest BCUT2D eigenvalue weighted by atomic mass is 14.7. The molecule has 0 atom stereocenters. The average molecular weight is 612 g/mol. The van der Waals surface area contributed by atoms with Crippen LogP contribution in [0.15, 0.2) is 200 Å². The van der Waals surface area contributed by atoms with Crippen LogP contribution in [0.25, 0.3) is 78.1 Å². The Morgan fingerprint density at radius 2 is 0.458 bits per heavy atom. The van der Waals surface area contributed by atoms with Crippen molar-refractivity contribution in [3.63, 3.8) is 0 Å². The van der Waals surface area contributed by atoms with Gasteiger partial charge in [-0.1, -0.05) is 182 Å². The Labute approximate surface area is 282 Å². The van der Waals surface area contributed by atoms with Gasteiger partial charge in [0.1, 0.15) is 0 Å². The Morgan fingerprint density at radius 3 is 0.875 bits per heavy atom. The Balaban J connectivity index is 1.04. The van der Waals surface area contributed by atoms with Crippen LogP contribution in [0.4, 0.5) is 0 Å². The van der Waals surface area contributed by atoms with E-state index in [9.17, 15) is 0 Å². The summed E-state index contributed by atoms with van der Waals surface area (Å²) in [5.41, 5.74) is 16.2. The first-order valence-corrected chi connectivity index (χ1v) is 16.4. The molecule has 0 unspecified atom stereocenters. The number of pyridine rings is 1. The third-order valence-electron chi connectivity index (χ3n) is 8.92. The molecule has 0 saturated carbocycles. The van der Waals surface area contributed by atoms with Crippen molar-refractivity contribution >= 4 is 0 Å². The average Bonchev–Trinajstić information content (AvgIpc) is 3.19. The van der Waals surface area contributed by atoms with Crippen molar-refractivity contribution in [3.8, 4) is 78.1 Å². The lowest BCUT2D eigenvalue weighted by atomic mass is 9.95. The van der Waals surface area contributed by atoms with Gasteiger partial charge in [-0.2, -0.15) is 0 Å². The maximum atomic E-state index is 5.09. The van der Waals surface area contributed by atoms with E-state index in [4.69, 9.17) is 4.98 Å². The number of hydrogen-bond donors (Lipinski definition) is 0. The van der Waals surface area contributed by atoms with Crippen molar-refractivity contribution in [1.29, 1.82) is 0 Å². The third kappa shape index (κ3) is 6.23. The summed E-state index contributed by atoms with van der Waals surface area (Å²) < 4.78 is 0. The summed E-state index contributed by atoms with van der Waals surface area (Å²) >= 11 is 0. The predicted molar refractivity (Wildman–Crippen MR) is 202 cm³/mol. The molecule has 226 valence electrons. The molecule has 1 heteroatoms. The summed E-state index contributed by atoms with van der Waals surface area (Å²) in [6, 6.07) is 71.1. The molecule has 48 heavy (non-hydrogen) atoms. The molecule has 0 spiro atoms. The van der Waals surface area contributed by atoms with Gasteiger partial charge < -0.3 is 0 Å². The number of benzene rings is 7. The minimum atomic E-state index is 0.965. The molecule has 0 radical (unpaired) electrons. The Bertz CT molecular complexity index is 2210. The van der Waals surface area contributed by atoms with Crippen molar-refractivity contribution in [2.45, 2.75) is 0 Å². The molecule has 1 heterocycles. The van der Waals surface area contributed by atoms with Crippen LogP contribution in [0.5, 0.6) is 0 Å². The molecular formula is C47H33N. The maximum absolute atomic E-state index is 5.09. The molecular weight excluding hydrogens is 579 g/mol. The second-order valence-electron chi connectivity index (χ2n) is 12.0. The van der Waals surface area contributed by atoms with E-state index in [2.05, 4.69) is 194 Å². The highest BCUT2D eigenvalue weighted by molar-refractivity contribution is 5.79. The van der Waals surface area contributed by atoms with Crippen LogP contribution in [0, 0.1) is 0 Å². The van der Waals surface area contributed by atoms with Crippen LogP contribution in [0.3, 0.4) is 0 Å². The minimum absolute atomic E-state index is 0.965. The fraction of sp³-hybridized carbons (Fsp3) is 0. The van der Waals surface area contributed by atoms with Gasteiger partial charge in [0.15, 0.2) is 0 Å². The topological polar surface area (TPSA) is 12.9 Å². The van der Waals surface area contributed by atoms with E-state index in [1.807, 2.05) is 6.07 Å². The standard InChI is InChI=1S/C47H33N/c1-4-11-34(12-5-1)36-19-23-39(24-20-36)43-17-10-18-44(31-43)40-25-21-37(22-26-40)38-27-29-42(30-28-38)47-33-45(35-13-6-2-7-14-35)32-46(48-47)41-15-8-3-9-16-41/h1-33H. The first-order chi connectivity index (χ1) is 23.8. The molecule has 0 bridgehead atoms. The molecule has 0 aliphatic carbocycles. The lowest BCUT2D eigenvalue weighted by molar-refractivity contribution is 1.32. The van der Waals surface area contributed by atoms with Crippen LogP contribution in [0.2, 0.25) is 0 Å². The zero-order chi connectivity index (χ0) is 32.1. The van der Waals surface area contributed by atoms with Gasteiger partial charge in [0.2, 0.25) is 0 Å². The predicted octanol–water partition coefficient (Wildman–Crippen LogP) is 12.8. The van der Waals surface area contributed by atoms with E-state index in [0.29, 0.717) is 0 Å². The van der Waals surface area contributed by atoms with Crippen molar-refractivity contribution in [2.24, 2.45) is 0 Å². The molecule has 0 N–H and O–H groups in total. The summed E-state index contributed by atoms with van der Waals surface area (Å²) in [7, 11) is 0. The molecule has 0 saturated heterocycles. The monoisotopic (exact) mass is 611 g/mol. The van der Waals surface area contributed by atoms with E-state index in [-0.39, 0.29) is 0 Å². The van der Waals surface area contributed by atoms with Crippen LogP contribution < -0.4 is 0 Å². The van der Waals surface area contributed by atoms with Crippen LogP contribution in [-0.4, -0.2) is 4.98 Å². The summed E-state index contributed by atoms with van der Waals surface area (Å²) in [5, 5.41) is 0. The lowest BCUT2D eigenvalue weighted by Crippen LogP contribution is -1.91. The SMILES string of the molecule is c1ccc(-c2ccc(-c3cccc(-c4ccc(-c5ccc(-c6cc(-c7ccccc7)cc(-c7ccccc7)n6)cc5)cc4)c3)cc2)cc1. The Hall–Kier alpha value is -6.31. The van der Waals surface area contributed by atoms with E-state index < -0.39 is 0 Å². The lowest BCUT2D eigenvalue weighted by Gasteiger charge is -2.11. The van der Waals surface area contributed by atoms with Gasteiger partial charge in [-0.25, -0.2) is 4.98 Å². The Morgan fingerprint density at radius 1 is 0.188 bits per heavy atom. The second kappa shape index (κ2) is 13.2.